The van der Waals surface area contributed by atoms with Gasteiger partial charge in [-0.2, -0.15) is 4.31 Å². The van der Waals surface area contributed by atoms with Gasteiger partial charge in [0.2, 0.25) is 10.0 Å². The third kappa shape index (κ3) is 7.31. The van der Waals surface area contributed by atoms with Crippen LogP contribution in [0.2, 0.25) is 0 Å². The SMILES string of the molecule is CN(C)CCCNc1nc(CN2CCN(S(=O)(=O)c3ccc(OC(F)(F)F)cc3)CC2)nc2ccccc12. The highest BCUT2D eigenvalue weighted by molar-refractivity contribution is 7.89. The van der Waals surface area contributed by atoms with Crippen molar-refractivity contribution in [3.8, 4) is 5.75 Å². The number of piperazine rings is 1. The summed E-state index contributed by atoms with van der Waals surface area (Å²) in [5, 5.41) is 4.37. The molecule has 0 aliphatic carbocycles. The predicted octanol–water partition coefficient (Wildman–Crippen LogP) is 3.40. The van der Waals surface area contributed by atoms with Crippen LogP contribution in [-0.4, -0.2) is 92.2 Å². The number of anilines is 1. The fraction of sp³-hybridized carbons (Fsp3) is 0.440. The summed E-state index contributed by atoms with van der Waals surface area (Å²) in [6.45, 7) is 3.62. The number of nitrogens with one attached hydrogen (secondary N) is 1. The van der Waals surface area contributed by atoms with E-state index in [1.165, 1.54) is 4.31 Å². The second kappa shape index (κ2) is 11.8. The number of nitrogens with zero attached hydrogens (tertiary/aromatic N) is 5. The normalized spacial score (nSPS) is 15.7. The Morgan fingerprint density at radius 2 is 1.68 bits per heavy atom. The molecule has 13 heteroatoms. The van der Waals surface area contributed by atoms with Crippen LogP contribution in [0.15, 0.2) is 53.4 Å². The summed E-state index contributed by atoms with van der Waals surface area (Å²) in [5.41, 5.74) is 0.840. The molecule has 0 unspecified atom stereocenters. The molecule has 4 rings (SSSR count). The average Bonchev–Trinajstić information content (AvgIpc) is 2.86. The van der Waals surface area contributed by atoms with Crippen LogP contribution in [0.1, 0.15) is 12.2 Å². The number of para-hydroxylation sites is 1. The Morgan fingerprint density at radius 1 is 1.00 bits per heavy atom. The van der Waals surface area contributed by atoms with Crippen LogP contribution in [0, 0.1) is 0 Å². The number of rotatable bonds is 10. The Labute approximate surface area is 220 Å². The van der Waals surface area contributed by atoms with E-state index in [2.05, 4.69) is 19.9 Å². The van der Waals surface area contributed by atoms with Crippen molar-refractivity contribution in [1.82, 2.24) is 24.1 Å². The smallest absolute Gasteiger partial charge is 0.406 e. The van der Waals surface area contributed by atoms with Crippen molar-refractivity contribution in [2.75, 3.05) is 58.7 Å². The van der Waals surface area contributed by atoms with Crippen LogP contribution in [0.5, 0.6) is 5.75 Å². The summed E-state index contributed by atoms with van der Waals surface area (Å²) in [7, 11) is 0.220. The van der Waals surface area contributed by atoms with E-state index in [9.17, 15) is 21.6 Å². The molecule has 38 heavy (non-hydrogen) atoms. The summed E-state index contributed by atoms with van der Waals surface area (Å²) in [5.74, 6) is 0.960. The van der Waals surface area contributed by atoms with Gasteiger partial charge in [0.1, 0.15) is 17.4 Å². The molecule has 1 aliphatic rings. The second-order valence-corrected chi connectivity index (χ2v) is 11.2. The minimum absolute atomic E-state index is 0.0803. The molecule has 0 radical (unpaired) electrons. The quantitative estimate of drug-likeness (QED) is 0.383. The maximum Gasteiger partial charge on any atom is 0.573 e. The number of sulfonamides is 1. The van der Waals surface area contributed by atoms with Gasteiger partial charge < -0.3 is 15.0 Å². The maximum absolute atomic E-state index is 13.0. The monoisotopic (exact) mass is 552 g/mol. The molecular weight excluding hydrogens is 521 g/mol. The number of benzene rings is 2. The number of hydrogen-bond donors (Lipinski definition) is 1. The number of alkyl halides is 3. The van der Waals surface area contributed by atoms with E-state index in [0.717, 1.165) is 60.5 Å². The standard InChI is InChI=1S/C25H31F3N6O3S/c1-32(2)13-5-12-29-24-21-6-3-4-7-22(21)30-23(31-24)18-33-14-16-34(17-15-33)38(35,36)20-10-8-19(9-11-20)37-25(26,27)28/h3-4,6-11H,5,12-18H2,1-2H3,(H,29,30,31). The van der Waals surface area contributed by atoms with E-state index in [4.69, 9.17) is 9.97 Å². The number of hydrogen-bond acceptors (Lipinski definition) is 8. The first-order chi connectivity index (χ1) is 18.0. The average molecular weight is 553 g/mol. The van der Waals surface area contributed by atoms with Gasteiger partial charge in [0.15, 0.2) is 0 Å². The molecule has 3 aromatic rings. The van der Waals surface area contributed by atoms with Gasteiger partial charge in [-0.05, 0) is 63.5 Å². The van der Waals surface area contributed by atoms with E-state index in [1.54, 1.807) is 0 Å². The Kier molecular flexibility index (Phi) is 8.71. The van der Waals surface area contributed by atoms with Gasteiger partial charge in [-0.1, -0.05) is 12.1 Å². The Balaban J connectivity index is 1.39. The van der Waals surface area contributed by atoms with Gasteiger partial charge >= 0.3 is 6.36 Å². The van der Waals surface area contributed by atoms with Crippen LogP contribution in [0.4, 0.5) is 19.0 Å². The number of aromatic nitrogens is 2. The molecule has 1 saturated heterocycles. The van der Waals surface area contributed by atoms with Crippen LogP contribution in [-0.2, 0) is 16.6 Å². The molecule has 0 spiro atoms. The van der Waals surface area contributed by atoms with E-state index in [-0.39, 0.29) is 18.0 Å². The molecule has 1 fully saturated rings. The molecule has 0 atom stereocenters. The molecule has 0 bridgehead atoms. The molecule has 1 aromatic heterocycles. The van der Waals surface area contributed by atoms with Crippen LogP contribution >= 0.6 is 0 Å². The summed E-state index contributed by atoms with van der Waals surface area (Å²) in [4.78, 5) is 13.6. The van der Waals surface area contributed by atoms with Gasteiger partial charge in [0.25, 0.3) is 0 Å². The first-order valence-corrected chi connectivity index (χ1v) is 13.7. The van der Waals surface area contributed by atoms with Crippen molar-refractivity contribution in [2.24, 2.45) is 0 Å². The Hall–Kier alpha value is -3.00. The van der Waals surface area contributed by atoms with Crippen LogP contribution in [0.3, 0.4) is 0 Å². The molecule has 1 N–H and O–H groups in total. The fourth-order valence-corrected chi connectivity index (χ4v) is 5.64. The van der Waals surface area contributed by atoms with Crippen molar-refractivity contribution in [3.05, 3.63) is 54.4 Å². The second-order valence-electron chi connectivity index (χ2n) is 9.29. The molecule has 0 saturated carbocycles. The Bertz CT molecular complexity index is 1330. The van der Waals surface area contributed by atoms with Crippen molar-refractivity contribution < 1.29 is 26.3 Å². The number of halogens is 3. The summed E-state index contributed by atoms with van der Waals surface area (Å²) in [6, 6.07) is 12.1. The molecule has 206 valence electrons. The van der Waals surface area contributed by atoms with E-state index in [1.807, 2.05) is 38.4 Å². The van der Waals surface area contributed by atoms with Crippen molar-refractivity contribution in [1.29, 1.82) is 0 Å². The van der Waals surface area contributed by atoms with Crippen LogP contribution in [0.25, 0.3) is 10.9 Å². The van der Waals surface area contributed by atoms with Gasteiger partial charge in [0, 0.05) is 38.1 Å². The van der Waals surface area contributed by atoms with Crippen molar-refractivity contribution >= 4 is 26.7 Å². The lowest BCUT2D eigenvalue weighted by atomic mass is 10.2. The largest absolute Gasteiger partial charge is 0.573 e. The van der Waals surface area contributed by atoms with Gasteiger partial charge in [-0.15, -0.1) is 13.2 Å². The topological polar surface area (TPSA) is 90.9 Å². The molecule has 9 nitrogen and oxygen atoms in total. The summed E-state index contributed by atoms with van der Waals surface area (Å²) >= 11 is 0. The molecule has 0 amide bonds. The van der Waals surface area contributed by atoms with Crippen molar-refractivity contribution in [3.63, 3.8) is 0 Å². The lowest BCUT2D eigenvalue weighted by molar-refractivity contribution is -0.274. The van der Waals surface area contributed by atoms with E-state index < -0.39 is 22.1 Å². The molecule has 2 heterocycles. The maximum atomic E-state index is 13.0. The summed E-state index contributed by atoms with van der Waals surface area (Å²) in [6.07, 6.45) is -3.87. The van der Waals surface area contributed by atoms with Gasteiger partial charge in [0.05, 0.1) is 17.0 Å². The van der Waals surface area contributed by atoms with E-state index >= 15 is 0 Å². The molecule has 2 aromatic carbocycles. The van der Waals surface area contributed by atoms with Crippen molar-refractivity contribution in [2.45, 2.75) is 24.2 Å². The number of fused-ring (bicyclic) bond motifs is 1. The number of ether oxygens (including phenoxy) is 1. The zero-order valence-corrected chi connectivity index (χ0v) is 22.1. The van der Waals surface area contributed by atoms with Crippen LogP contribution < -0.4 is 10.1 Å². The lowest BCUT2D eigenvalue weighted by Crippen LogP contribution is -2.48. The molecule has 1 aliphatic heterocycles. The third-order valence-corrected chi connectivity index (χ3v) is 8.03. The van der Waals surface area contributed by atoms with Gasteiger partial charge in [-0.3, -0.25) is 4.90 Å². The first kappa shape index (κ1) is 28.0. The summed E-state index contributed by atoms with van der Waals surface area (Å²) < 4.78 is 68.4. The highest BCUT2D eigenvalue weighted by Crippen LogP contribution is 2.26. The fourth-order valence-electron chi connectivity index (χ4n) is 4.22. The zero-order valence-electron chi connectivity index (χ0n) is 21.3. The van der Waals surface area contributed by atoms with Gasteiger partial charge in [-0.25, -0.2) is 18.4 Å². The first-order valence-electron chi connectivity index (χ1n) is 12.2. The third-order valence-electron chi connectivity index (χ3n) is 6.12. The highest BCUT2D eigenvalue weighted by atomic mass is 32.2. The minimum atomic E-state index is -4.84. The molecular formula is C25H31F3N6O3S. The zero-order chi connectivity index (χ0) is 27.3. The highest BCUT2D eigenvalue weighted by Gasteiger charge is 2.32. The lowest BCUT2D eigenvalue weighted by Gasteiger charge is -2.33. The van der Waals surface area contributed by atoms with E-state index in [0.29, 0.717) is 25.5 Å². The Morgan fingerprint density at radius 3 is 2.34 bits per heavy atom. The predicted molar refractivity (Wildman–Crippen MR) is 138 cm³/mol. The minimum Gasteiger partial charge on any atom is -0.406 e.